The Balaban J connectivity index is 2.03. The van der Waals surface area contributed by atoms with E-state index in [0.717, 1.165) is 13.2 Å². The average Bonchev–Trinajstić information content (AvgIpc) is 2.13. The first-order valence-electron chi connectivity index (χ1n) is 4.65. The zero-order chi connectivity index (χ0) is 9.36. The molecule has 4 nitrogen and oxygen atoms in total. The van der Waals surface area contributed by atoms with E-state index in [1.165, 1.54) is 0 Å². The van der Waals surface area contributed by atoms with Crippen LogP contribution in [0.5, 0.6) is 0 Å². The van der Waals surface area contributed by atoms with E-state index >= 15 is 0 Å². The van der Waals surface area contributed by atoms with Crippen LogP contribution in [0.15, 0.2) is 0 Å². The highest BCUT2D eigenvalue weighted by Crippen LogP contribution is 2.25. The highest BCUT2D eigenvalue weighted by atomic mass is 32.2. The molecule has 0 saturated carbocycles. The van der Waals surface area contributed by atoms with E-state index in [1.54, 1.807) is 0 Å². The summed E-state index contributed by atoms with van der Waals surface area (Å²) in [5.41, 5.74) is -0.0381. The Morgan fingerprint density at radius 3 is 2.46 bits per heavy atom. The molecule has 1 N–H and O–H groups in total. The third-order valence-electron chi connectivity index (χ3n) is 2.91. The number of hydrogen-bond donors (Lipinski definition) is 1. The molecule has 0 radical (unpaired) electrons. The number of ether oxygens (including phenoxy) is 1. The largest absolute Gasteiger partial charge is 0.378 e. The van der Waals surface area contributed by atoms with E-state index in [2.05, 4.69) is 5.32 Å². The van der Waals surface area contributed by atoms with Crippen molar-refractivity contribution in [2.75, 3.05) is 31.3 Å². The molecular weight excluding hydrogens is 190 g/mol. The zero-order valence-electron chi connectivity index (χ0n) is 7.58. The number of rotatable bonds is 0. The highest BCUT2D eigenvalue weighted by molar-refractivity contribution is 7.91. The van der Waals surface area contributed by atoms with Gasteiger partial charge in [0.05, 0.1) is 24.7 Å². The summed E-state index contributed by atoms with van der Waals surface area (Å²) in [7, 11) is -2.75. The van der Waals surface area contributed by atoms with Gasteiger partial charge in [-0.25, -0.2) is 8.42 Å². The molecule has 13 heavy (non-hydrogen) atoms. The Bertz CT molecular complexity index is 264. The molecule has 0 aliphatic carbocycles. The SMILES string of the molecule is O=S1(=O)CCC2(CC1)COCCN2. The van der Waals surface area contributed by atoms with Gasteiger partial charge in [-0.2, -0.15) is 0 Å². The minimum Gasteiger partial charge on any atom is -0.378 e. The fourth-order valence-corrected chi connectivity index (χ4v) is 3.56. The smallest absolute Gasteiger partial charge is 0.150 e. The summed E-state index contributed by atoms with van der Waals surface area (Å²) < 4.78 is 27.8. The third kappa shape index (κ3) is 2.03. The lowest BCUT2D eigenvalue weighted by Crippen LogP contribution is -2.57. The van der Waals surface area contributed by atoms with E-state index < -0.39 is 9.84 Å². The zero-order valence-corrected chi connectivity index (χ0v) is 8.40. The predicted octanol–water partition coefficient (Wildman–Crippen LogP) is -0.446. The van der Waals surface area contributed by atoms with Crippen LogP contribution in [0.3, 0.4) is 0 Å². The van der Waals surface area contributed by atoms with Gasteiger partial charge in [-0.15, -0.1) is 0 Å². The van der Waals surface area contributed by atoms with Crippen LogP contribution >= 0.6 is 0 Å². The summed E-state index contributed by atoms with van der Waals surface area (Å²) in [6.07, 6.45) is 1.41. The summed E-state index contributed by atoms with van der Waals surface area (Å²) >= 11 is 0. The number of sulfone groups is 1. The van der Waals surface area contributed by atoms with Crippen molar-refractivity contribution in [3.8, 4) is 0 Å². The van der Waals surface area contributed by atoms with Crippen LogP contribution in [-0.2, 0) is 14.6 Å². The average molecular weight is 205 g/mol. The normalized spacial score (nSPS) is 31.7. The first-order chi connectivity index (χ1) is 6.12. The van der Waals surface area contributed by atoms with E-state index in [1.807, 2.05) is 0 Å². The lowest BCUT2D eigenvalue weighted by molar-refractivity contribution is 0.0225. The van der Waals surface area contributed by atoms with Crippen molar-refractivity contribution in [3.63, 3.8) is 0 Å². The molecule has 0 aromatic carbocycles. The highest BCUT2D eigenvalue weighted by Gasteiger charge is 2.38. The second-order valence-corrected chi connectivity index (χ2v) is 6.22. The van der Waals surface area contributed by atoms with Gasteiger partial charge >= 0.3 is 0 Å². The van der Waals surface area contributed by atoms with Crippen molar-refractivity contribution >= 4 is 9.84 Å². The van der Waals surface area contributed by atoms with Gasteiger partial charge in [0, 0.05) is 12.1 Å². The molecule has 2 heterocycles. The molecule has 0 unspecified atom stereocenters. The summed E-state index contributed by atoms with van der Waals surface area (Å²) in [5.74, 6) is 0.618. The van der Waals surface area contributed by atoms with Crippen molar-refractivity contribution in [3.05, 3.63) is 0 Å². The van der Waals surface area contributed by atoms with Crippen LogP contribution in [0.2, 0.25) is 0 Å². The maximum atomic E-state index is 11.2. The lowest BCUT2D eigenvalue weighted by atomic mass is 9.92. The Morgan fingerprint density at radius 2 is 1.92 bits per heavy atom. The van der Waals surface area contributed by atoms with E-state index in [9.17, 15) is 8.42 Å². The molecule has 1 spiro atoms. The molecule has 2 aliphatic rings. The van der Waals surface area contributed by atoms with E-state index in [4.69, 9.17) is 4.74 Å². The van der Waals surface area contributed by atoms with Crippen molar-refractivity contribution in [1.82, 2.24) is 5.32 Å². The summed E-state index contributed by atoms with van der Waals surface area (Å²) in [6, 6.07) is 0. The Kier molecular flexibility index (Phi) is 2.33. The standard InChI is InChI=1S/C8H15NO3S/c10-13(11)5-1-8(2-6-13)7-12-4-3-9-8/h9H,1-7H2. The van der Waals surface area contributed by atoms with Crippen LogP contribution in [0.4, 0.5) is 0 Å². The molecule has 0 aromatic heterocycles. The van der Waals surface area contributed by atoms with Crippen LogP contribution in [-0.4, -0.2) is 45.2 Å². The molecule has 2 saturated heterocycles. The summed E-state index contributed by atoms with van der Waals surface area (Å²) in [5, 5.41) is 3.38. The van der Waals surface area contributed by atoms with Crippen LogP contribution < -0.4 is 5.32 Å². The molecule has 2 aliphatic heterocycles. The molecule has 0 bridgehead atoms. The predicted molar refractivity (Wildman–Crippen MR) is 49.4 cm³/mol. The van der Waals surface area contributed by atoms with E-state index in [0.29, 0.717) is 31.0 Å². The van der Waals surface area contributed by atoms with Gasteiger partial charge in [-0.3, -0.25) is 0 Å². The van der Waals surface area contributed by atoms with Crippen molar-refractivity contribution in [2.45, 2.75) is 18.4 Å². The van der Waals surface area contributed by atoms with Gasteiger partial charge in [0.15, 0.2) is 0 Å². The van der Waals surface area contributed by atoms with Crippen molar-refractivity contribution < 1.29 is 13.2 Å². The van der Waals surface area contributed by atoms with Gasteiger partial charge in [-0.05, 0) is 12.8 Å². The first-order valence-corrected chi connectivity index (χ1v) is 6.47. The number of morpholine rings is 1. The molecule has 2 fully saturated rings. The minimum absolute atomic E-state index is 0.0381. The fraction of sp³-hybridized carbons (Fsp3) is 1.00. The topological polar surface area (TPSA) is 55.4 Å². The van der Waals surface area contributed by atoms with Gasteiger partial charge < -0.3 is 10.1 Å². The van der Waals surface area contributed by atoms with Crippen molar-refractivity contribution in [1.29, 1.82) is 0 Å². The Morgan fingerprint density at radius 1 is 1.23 bits per heavy atom. The van der Waals surface area contributed by atoms with Crippen LogP contribution in [0.25, 0.3) is 0 Å². The molecule has 5 heteroatoms. The Labute approximate surface area is 78.6 Å². The second-order valence-electron chi connectivity index (χ2n) is 3.91. The minimum atomic E-state index is -2.75. The lowest BCUT2D eigenvalue weighted by Gasteiger charge is -2.40. The van der Waals surface area contributed by atoms with Gasteiger partial charge in [0.25, 0.3) is 0 Å². The van der Waals surface area contributed by atoms with Gasteiger partial charge in [0.1, 0.15) is 9.84 Å². The van der Waals surface area contributed by atoms with Gasteiger partial charge in [-0.1, -0.05) is 0 Å². The Hall–Kier alpha value is -0.130. The maximum absolute atomic E-state index is 11.2. The molecule has 0 atom stereocenters. The fourth-order valence-electron chi connectivity index (χ4n) is 1.96. The molecule has 0 aromatic rings. The van der Waals surface area contributed by atoms with E-state index in [-0.39, 0.29) is 5.54 Å². The van der Waals surface area contributed by atoms with Crippen LogP contribution in [0, 0.1) is 0 Å². The third-order valence-corrected chi connectivity index (χ3v) is 4.56. The summed E-state index contributed by atoms with van der Waals surface area (Å²) in [4.78, 5) is 0. The quantitative estimate of drug-likeness (QED) is 0.582. The molecule has 2 rings (SSSR count). The molecule has 0 amide bonds. The van der Waals surface area contributed by atoms with Crippen LogP contribution in [0.1, 0.15) is 12.8 Å². The van der Waals surface area contributed by atoms with Gasteiger partial charge in [0.2, 0.25) is 0 Å². The number of hydrogen-bond acceptors (Lipinski definition) is 4. The van der Waals surface area contributed by atoms with Crippen molar-refractivity contribution in [2.24, 2.45) is 0 Å². The number of nitrogens with one attached hydrogen (secondary N) is 1. The molecule has 76 valence electrons. The summed E-state index contributed by atoms with van der Waals surface area (Å²) in [6.45, 7) is 2.26. The first kappa shape index (κ1) is 9.43. The monoisotopic (exact) mass is 205 g/mol. The second kappa shape index (κ2) is 3.22. The molecular formula is C8H15NO3S. The maximum Gasteiger partial charge on any atom is 0.150 e.